The van der Waals surface area contributed by atoms with Crippen molar-refractivity contribution < 1.29 is 4.74 Å². The third-order valence-electron chi connectivity index (χ3n) is 2.35. The molecule has 0 bridgehead atoms. The minimum absolute atomic E-state index is 0.424. The lowest BCUT2D eigenvalue weighted by molar-refractivity contribution is 0.306. The molecule has 2 aromatic carbocycles. The zero-order valence-electron chi connectivity index (χ0n) is 9.29. The maximum Gasteiger partial charge on any atom is 0.139 e. The van der Waals surface area contributed by atoms with Crippen molar-refractivity contribution in [2.75, 3.05) is 5.73 Å². The van der Waals surface area contributed by atoms with Crippen LogP contribution in [0.5, 0.6) is 5.75 Å². The molecule has 0 unspecified atom stereocenters. The molecule has 2 aromatic rings. The molecule has 0 fully saturated rings. The van der Waals surface area contributed by atoms with Crippen LogP contribution in [-0.2, 0) is 6.61 Å². The van der Waals surface area contributed by atoms with Crippen molar-refractivity contribution in [1.82, 2.24) is 0 Å². The van der Waals surface area contributed by atoms with Gasteiger partial charge in [-0.3, -0.25) is 0 Å². The van der Waals surface area contributed by atoms with Crippen molar-refractivity contribution in [3.05, 3.63) is 55.9 Å². The first-order valence-electron chi connectivity index (χ1n) is 5.18. The van der Waals surface area contributed by atoms with E-state index in [-0.39, 0.29) is 0 Å². The van der Waals surface area contributed by atoms with Crippen LogP contribution in [-0.4, -0.2) is 0 Å². The molecule has 2 N–H and O–H groups in total. The Morgan fingerprint density at radius 3 is 2.61 bits per heavy atom. The molecule has 0 aromatic heterocycles. The Labute approximate surface area is 127 Å². The van der Waals surface area contributed by atoms with E-state index in [1.807, 2.05) is 30.3 Å². The van der Waals surface area contributed by atoms with E-state index in [0.29, 0.717) is 23.1 Å². The molecule has 2 rings (SSSR count). The van der Waals surface area contributed by atoms with E-state index in [1.165, 1.54) is 0 Å². The molecule has 2 nitrogen and oxygen atoms in total. The Balaban J connectivity index is 2.11. The lowest BCUT2D eigenvalue weighted by atomic mass is 10.2. The fourth-order valence-electron chi connectivity index (χ4n) is 1.43. The highest BCUT2D eigenvalue weighted by Gasteiger charge is 2.04. The fourth-order valence-corrected chi connectivity index (χ4v) is 2.19. The average Bonchev–Trinajstić information content (AvgIpc) is 2.34. The Kier molecular flexibility index (Phi) is 4.54. The summed E-state index contributed by atoms with van der Waals surface area (Å²) in [4.78, 5) is 0. The van der Waals surface area contributed by atoms with Crippen molar-refractivity contribution >= 4 is 49.1 Å². The number of nitrogen functional groups attached to an aromatic ring is 1. The number of rotatable bonds is 3. The topological polar surface area (TPSA) is 35.2 Å². The van der Waals surface area contributed by atoms with Crippen LogP contribution in [0.25, 0.3) is 0 Å². The first-order valence-corrected chi connectivity index (χ1v) is 7.14. The third kappa shape index (κ3) is 3.40. The van der Waals surface area contributed by atoms with Gasteiger partial charge in [-0.05, 0) is 51.8 Å². The molecule has 0 heterocycles. The standard InChI is InChI=1S/C13H10Br2ClNO/c14-9-2-4-11(16)13(6-9)18-7-8-1-3-10(15)12(17)5-8/h1-6H,7,17H2. The highest BCUT2D eigenvalue weighted by Crippen LogP contribution is 2.29. The zero-order valence-corrected chi connectivity index (χ0v) is 13.2. The van der Waals surface area contributed by atoms with Crippen molar-refractivity contribution in [2.45, 2.75) is 6.61 Å². The van der Waals surface area contributed by atoms with Crippen LogP contribution in [0.1, 0.15) is 5.56 Å². The maximum absolute atomic E-state index is 6.04. The van der Waals surface area contributed by atoms with E-state index in [4.69, 9.17) is 22.1 Å². The van der Waals surface area contributed by atoms with E-state index < -0.39 is 0 Å². The molecule has 5 heteroatoms. The number of nitrogens with two attached hydrogens (primary N) is 1. The van der Waals surface area contributed by atoms with Gasteiger partial charge in [-0.1, -0.05) is 33.6 Å². The summed E-state index contributed by atoms with van der Waals surface area (Å²) < 4.78 is 7.47. The average molecular weight is 391 g/mol. The second-order valence-corrected chi connectivity index (χ2v) is 5.90. The second kappa shape index (κ2) is 5.95. The minimum atomic E-state index is 0.424. The Morgan fingerprint density at radius 1 is 1.11 bits per heavy atom. The van der Waals surface area contributed by atoms with Crippen molar-refractivity contribution in [3.8, 4) is 5.75 Å². The van der Waals surface area contributed by atoms with Gasteiger partial charge in [0.2, 0.25) is 0 Å². The SMILES string of the molecule is Nc1cc(COc2cc(Br)ccc2Cl)ccc1Br. The lowest BCUT2D eigenvalue weighted by Gasteiger charge is -2.09. The summed E-state index contributed by atoms with van der Waals surface area (Å²) in [6.45, 7) is 0.424. The molecule has 18 heavy (non-hydrogen) atoms. The smallest absolute Gasteiger partial charge is 0.139 e. The van der Waals surface area contributed by atoms with Gasteiger partial charge < -0.3 is 10.5 Å². The number of anilines is 1. The van der Waals surface area contributed by atoms with E-state index >= 15 is 0 Å². The lowest BCUT2D eigenvalue weighted by Crippen LogP contribution is -1.97. The highest BCUT2D eigenvalue weighted by molar-refractivity contribution is 9.10. The largest absolute Gasteiger partial charge is 0.487 e. The molecule has 0 aliphatic heterocycles. The van der Waals surface area contributed by atoms with Crippen LogP contribution in [0, 0.1) is 0 Å². The van der Waals surface area contributed by atoms with E-state index in [9.17, 15) is 0 Å². The third-order valence-corrected chi connectivity index (χ3v) is 3.88. The van der Waals surface area contributed by atoms with Gasteiger partial charge in [0.15, 0.2) is 0 Å². The van der Waals surface area contributed by atoms with Gasteiger partial charge in [0.1, 0.15) is 12.4 Å². The number of halogens is 3. The number of benzene rings is 2. The maximum atomic E-state index is 6.04. The van der Waals surface area contributed by atoms with E-state index in [2.05, 4.69) is 31.9 Å². The van der Waals surface area contributed by atoms with E-state index in [0.717, 1.165) is 14.5 Å². The molecule has 0 saturated carbocycles. The number of hydrogen-bond acceptors (Lipinski definition) is 2. The van der Waals surface area contributed by atoms with Gasteiger partial charge in [0.05, 0.1) is 5.02 Å². The molecular weight excluding hydrogens is 381 g/mol. The van der Waals surface area contributed by atoms with Crippen LogP contribution < -0.4 is 10.5 Å². The van der Waals surface area contributed by atoms with E-state index in [1.54, 1.807) is 6.07 Å². The van der Waals surface area contributed by atoms with Crippen molar-refractivity contribution in [3.63, 3.8) is 0 Å². The number of hydrogen-bond donors (Lipinski definition) is 1. The summed E-state index contributed by atoms with van der Waals surface area (Å²) in [6.07, 6.45) is 0. The molecule has 0 saturated heterocycles. The van der Waals surface area contributed by atoms with Gasteiger partial charge in [-0.25, -0.2) is 0 Å². The summed E-state index contributed by atoms with van der Waals surface area (Å²) >= 11 is 12.8. The summed E-state index contributed by atoms with van der Waals surface area (Å²) in [5.74, 6) is 0.646. The van der Waals surface area contributed by atoms with Gasteiger partial charge in [0, 0.05) is 14.6 Å². The van der Waals surface area contributed by atoms with Crippen LogP contribution >= 0.6 is 43.5 Å². The van der Waals surface area contributed by atoms with Gasteiger partial charge in [0.25, 0.3) is 0 Å². The van der Waals surface area contributed by atoms with Gasteiger partial charge in [-0.15, -0.1) is 0 Å². The summed E-state index contributed by atoms with van der Waals surface area (Å²) in [7, 11) is 0. The first-order chi connectivity index (χ1) is 8.56. The van der Waals surface area contributed by atoms with Crippen LogP contribution in [0.15, 0.2) is 45.3 Å². The zero-order chi connectivity index (χ0) is 13.1. The second-order valence-electron chi connectivity index (χ2n) is 3.72. The molecular formula is C13H10Br2ClNO. The molecule has 94 valence electrons. The summed E-state index contributed by atoms with van der Waals surface area (Å²) in [5, 5.41) is 0.586. The Hall–Kier alpha value is -0.710. The first kappa shape index (κ1) is 13.7. The molecule has 0 spiro atoms. The Bertz CT molecular complexity index is 575. The highest BCUT2D eigenvalue weighted by atomic mass is 79.9. The van der Waals surface area contributed by atoms with Gasteiger partial charge in [-0.2, -0.15) is 0 Å². The molecule has 0 radical (unpaired) electrons. The normalized spacial score (nSPS) is 10.4. The molecule has 0 atom stereocenters. The summed E-state index contributed by atoms with van der Waals surface area (Å²) in [6, 6.07) is 11.2. The summed E-state index contributed by atoms with van der Waals surface area (Å²) in [5.41, 5.74) is 7.49. The fraction of sp³-hybridized carbons (Fsp3) is 0.0769. The van der Waals surface area contributed by atoms with Gasteiger partial charge >= 0.3 is 0 Å². The predicted molar refractivity (Wildman–Crippen MR) is 82.0 cm³/mol. The quantitative estimate of drug-likeness (QED) is 0.745. The van der Waals surface area contributed by atoms with Crippen molar-refractivity contribution in [2.24, 2.45) is 0 Å². The minimum Gasteiger partial charge on any atom is -0.487 e. The van der Waals surface area contributed by atoms with Crippen LogP contribution in [0.2, 0.25) is 5.02 Å². The monoisotopic (exact) mass is 389 g/mol. The van der Waals surface area contributed by atoms with Crippen LogP contribution in [0.4, 0.5) is 5.69 Å². The predicted octanol–water partition coefficient (Wildman–Crippen LogP) is 5.03. The van der Waals surface area contributed by atoms with Crippen molar-refractivity contribution in [1.29, 1.82) is 0 Å². The van der Waals surface area contributed by atoms with Crippen LogP contribution in [0.3, 0.4) is 0 Å². The molecule has 0 aliphatic carbocycles. The molecule has 0 amide bonds. The number of ether oxygens (including phenoxy) is 1. The molecule has 0 aliphatic rings. The Morgan fingerprint density at radius 2 is 1.89 bits per heavy atom.